The highest BCUT2D eigenvalue weighted by atomic mass is 16.5. The van der Waals surface area contributed by atoms with Gasteiger partial charge in [-0.25, -0.2) is 0 Å². The van der Waals surface area contributed by atoms with Gasteiger partial charge in [-0.2, -0.15) is 0 Å². The molecule has 0 radical (unpaired) electrons. The van der Waals surface area contributed by atoms with Gasteiger partial charge in [-0.05, 0) is 86.4 Å². The van der Waals surface area contributed by atoms with Gasteiger partial charge in [-0.15, -0.1) is 0 Å². The molecule has 4 aliphatic carbocycles. The van der Waals surface area contributed by atoms with Crippen molar-refractivity contribution in [3.63, 3.8) is 0 Å². The third kappa shape index (κ3) is 1.94. The average molecular weight is 338 g/mol. The second kappa shape index (κ2) is 5.42. The van der Waals surface area contributed by atoms with Crippen LogP contribution in [0, 0.1) is 40.4 Å². The van der Waals surface area contributed by atoms with E-state index in [1.165, 1.54) is 6.42 Å². The average Bonchev–Trinajstić information content (AvgIpc) is 2.89. The molecule has 0 aliphatic heterocycles. The predicted octanol–water partition coefficient (Wildman–Crippen LogP) is 2.29. The Morgan fingerprint density at radius 1 is 0.875 bits per heavy atom. The number of aliphatic hydroxyl groups excluding tert-OH is 2. The summed E-state index contributed by atoms with van der Waals surface area (Å²) in [5.74, 6) is 0.0980. The van der Waals surface area contributed by atoms with E-state index in [4.69, 9.17) is 0 Å². The highest BCUT2D eigenvalue weighted by Crippen LogP contribution is 2.68. The van der Waals surface area contributed by atoms with Crippen LogP contribution in [-0.2, 0) is 0 Å². The summed E-state index contributed by atoms with van der Waals surface area (Å²) in [4.78, 5) is 0. The molecule has 0 bridgehead atoms. The van der Waals surface area contributed by atoms with Gasteiger partial charge in [0.2, 0.25) is 0 Å². The summed E-state index contributed by atoms with van der Waals surface area (Å²) in [7, 11) is 0. The van der Waals surface area contributed by atoms with Gasteiger partial charge in [0.25, 0.3) is 0 Å². The van der Waals surface area contributed by atoms with Crippen molar-refractivity contribution in [2.24, 2.45) is 40.4 Å². The van der Waals surface area contributed by atoms with Crippen LogP contribution in [0.3, 0.4) is 0 Å². The van der Waals surface area contributed by atoms with Crippen LogP contribution in [0.25, 0.3) is 0 Å². The van der Waals surface area contributed by atoms with Crippen LogP contribution >= 0.6 is 0 Å². The molecule has 24 heavy (non-hydrogen) atoms. The Morgan fingerprint density at radius 3 is 2.29 bits per heavy atom. The van der Waals surface area contributed by atoms with E-state index in [-0.39, 0.29) is 17.9 Å². The lowest BCUT2D eigenvalue weighted by molar-refractivity contribution is -0.349. The first-order valence-corrected chi connectivity index (χ1v) is 10.0. The maximum Gasteiger partial charge on any atom is 0.195 e. The summed E-state index contributed by atoms with van der Waals surface area (Å²) in [5, 5.41) is 41.9. The second-order valence-electron chi connectivity index (χ2n) is 9.75. The molecule has 4 saturated carbocycles. The maximum atomic E-state index is 10.9. The highest BCUT2D eigenvalue weighted by molar-refractivity contribution is 5.13. The van der Waals surface area contributed by atoms with Crippen LogP contribution in [0.5, 0.6) is 0 Å². The Hall–Kier alpha value is -0.160. The van der Waals surface area contributed by atoms with Crippen molar-refractivity contribution in [3.8, 4) is 0 Å². The molecule has 8 atom stereocenters. The fourth-order valence-electron chi connectivity index (χ4n) is 7.78. The van der Waals surface area contributed by atoms with Crippen LogP contribution in [0.15, 0.2) is 0 Å². The third-order valence-corrected chi connectivity index (χ3v) is 9.37. The summed E-state index contributed by atoms with van der Waals surface area (Å²) < 4.78 is 0. The molecule has 4 heteroatoms. The zero-order chi connectivity index (χ0) is 17.3. The van der Waals surface area contributed by atoms with Crippen molar-refractivity contribution < 1.29 is 20.4 Å². The maximum absolute atomic E-state index is 10.9. The first-order valence-electron chi connectivity index (χ1n) is 10.0. The lowest BCUT2D eigenvalue weighted by Crippen LogP contribution is -2.68. The van der Waals surface area contributed by atoms with Crippen molar-refractivity contribution in [2.75, 3.05) is 6.61 Å². The lowest BCUT2D eigenvalue weighted by Gasteiger charge is -2.64. The van der Waals surface area contributed by atoms with Crippen molar-refractivity contribution in [3.05, 3.63) is 0 Å². The molecular weight excluding hydrogens is 304 g/mol. The van der Waals surface area contributed by atoms with Gasteiger partial charge in [0.05, 0.1) is 0 Å². The molecule has 4 nitrogen and oxygen atoms in total. The van der Waals surface area contributed by atoms with Crippen molar-refractivity contribution in [1.29, 1.82) is 0 Å². The number of hydrogen-bond acceptors (Lipinski definition) is 4. The van der Waals surface area contributed by atoms with Gasteiger partial charge in [-0.3, -0.25) is 0 Å². The molecular formula is C20H34O4. The number of hydrogen-bond donors (Lipinski definition) is 4. The topological polar surface area (TPSA) is 80.9 Å². The van der Waals surface area contributed by atoms with Gasteiger partial charge in [0, 0.05) is 12.0 Å². The molecule has 4 N–H and O–H groups in total. The molecule has 0 heterocycles. The van der Waals surface area contributed by atoms with E-state index in [9.17, 15) is 20.4 Å². The number of aliphatic hydroxyl groups is 4. The molecule has 0 aromatic rings. The Balaban J connectivity index is 1.70. The fourth-order valence-corrected chi connectivity index (χ4v) is 7.78. The highest BCUT2D eigenvalue weighted by Gasteiger charge is 2.67. The second-order valence-corrected chi connectivity index (χ2v) is 9.75. The van der Waals surface area contributed by atoms with Crippen molar-refractivity contribution >= 4 is 0 Å². The van der Waals surface area contributed by atoms with Crippen LogP contribution < -0.4 is 0 Å². The SMILES string of the molecule is C[C@]12CC[C@H]3[C@@H](CCC4CCC(O)C(O)(O)[C@@]43C)[C@@H]1CC[C@@H]2CO. The van der Waals surface area contributed by atoms with E-state index in [0.717, 1.165) is 38.5 Å². The molecule has 0 saturated heterocycles. The van der Waals surface area contributed by atoms with E-state index in [1.807, 2.05) is 6.92 Å². The largest absolute Gasteiger partial charge is 0.396 e. The molecule has 0 aromatic carbocycles. The standard InChI is InChI=1S/C20H34O4/c1-18-10-9-16-14(15(18)7-4-13(18)11-21)6-3-12-5-8-17(22)20(23,24)19(12,16)2/h12-17,21-24H,3-11H2,1-2H3/t12?,13-,14+,15+,16+,17?,18-,19+/m1/s1. The third-order valence-electron chi connectivity index (χ3n) is 9.37. The summed E-state index contributed by atoms with van der Waals surface area (Å²) in [6.45, 7) is 4.68. The van der Waals surface area contributed by atoms with Crippen LogP contribution in [0.1, 0.15) is 65.2 Å². The lowest BCUT2D eigenvalue weighted by atomic mass is 9.43. The predicted molar refractivity (Wildman–Crippen MR) is 90.9 cm³/mol. The molecule has 4 fully saturated rings. The monoisotopic (exact) mass is 338 g/mol. The minimum absolute atomic E-state index is 0.208. The molecule has 4 aliphatic rings. The van der Waals surface area contributed by atoms with Crippen LogP contribution in [0.4, 0.5) is 0 Å². The molecule has 0 spiro atoms. The number of fused-ring (bicyclic) bond motifs is 5. The zero-order valence-electron chi connectivity index (χ0n) is 15.1. The summed E-state index contributed by atoms with van der Waals surface area (Å²) in [6.07, 6.45) is 6.93. The fraction of sp³-hybridized carbons (Fsp3) is 1.00. The first kappa shape index (κ1) is 17.3. The van der Waals surface area contributed by atoms with E-state index in [0.29, 0.717) is 30.1 Å². The summed E-state index contributed by atoms with van der Waals surface area (Å²) >= 11 is 0. The van der Waals surface area contributed by atoms with E-state index >= 15 is 0 Å². The van der Waals surface area contributed by atoms with Gasteiger partial charge in [0.1, 0.15) is 6.10 Å². The van der Waals surface area contributed by atoms with Gasteiger partial charge in [-0.1, -0.05) is 13.8 Å². The van der Waals surface area contributed by atoms with Gasteiger partial charge < -0.3 is 20.4 Å². The normalized spacial score (nSPS) is 56.2. The Kier molecular flexibility index (Phi) is 3.90. The van der Waals surface area contributed by atoms with E-state index in [2.05, 4.69) is 6.92 Å². The minimum atomic E-state index is -1.97. The molecule has 138 valence electrons. The van der Waals surface area contributed by atoms with Crippen LogP contribution in [0.2, 0.25) is 0 Å². The smallest absolute Gasteiger partial charge is 0.195 e. The Bertz CT molecular complexity index is 506. The van der Waals surface area contributed by atoms with Crippen molar-refractivity contribution in [1.82, 2.24) is 0 Å². The molecule has 0 aromatic heterocycles. The quantitative estimate of drug-likeness (QED) is 0.553. The molecule has 2 unspecified atom stereocenters. The minimum Gasteiger partial charge on any atom is -0.396 e. The first-order chi connectivity index (χ1) is 11.3. The number of rotatable bonds is 1. The summed E-state index contributed by atoms with van der Waals surface area (Å²) in [6, 6.07) is 0. The summed E-state index contributed by atoms with van der Waals surface area (Å²) in [5.41, 5.74) is -0.397. The van der Waals surface area contributed by atoms with Crippen molar-refractivity contribution in [2.45, 2.75) is 77.1 Å². The zero-order valence-corrected chi connectivity index (χ0v) is 15.1. The van der Waals surface area contributed by atoms with E-state index in [1.54, 1.807) is 0 Å². The van der Waals surface area contributed by atoms with Gasteiger partial charge in [0.15, 0.2) is 5.79 Å². The Morgan fingerprint density at radius 2 is 1.58 bits per heavy atom. The van der Waals surface area contributed by atoms with Gasteiger partial charge >= 0.3 is 0 Å². The molecule has 0 amide bonds. The van der Waals surface area contributed by atoms with Crippen LogP contribution in [-0.4, -0.2) is 38.9 Å². The molecule has 4 rings (SSSR count). The Labute approximate surface area is 145 Å². The van der Waals surface area contributed by atoms with E-state index < -0.39 is 17.3 Å².